The lowest BCUT2D eigenvalue weighted by atomic mass is 9.90. The van der Waals surface area contributed by atoms with Crippen LogP contribution in [0.2, 0.25) is 0 Å². The number of benzene rings is 1. The summed E-state index contributed by atoms with van der Waals surface area (Å²) in [7, 11) is 0. The minimum Gasteiger partial charge on any atom is -0.317 e. The van der Waals surface area contributed by atoms with E-state index in [9.17, 15) is 4.79 Å². The fourth-order valence-corrected chi connectivity index (χ4v) is 2.11. The molecule has 0 saturated carbocycles. The molecular formula is C14H15NO. The fourth-order valence-electron chi connectivity index (χ4n) is 2.11. The molecule has 1 heterocycles. The molecule has 1 aliphatic heterocycles. The van der Waals surface area contributed by atoms with E-state index in [1.165, 1.54) is 18.4 Å². The first kappa shape index (κ1) is 10.9. The van der Waals surface area contributed by atoms with Crippen LogP contribution >= 0.6 is 0 Å². The van der Waals surface area contributed by atoms with Gasteiger partial charge in [0.05, 0.1) is 0 Å². The Morgan fingerprint density at radius 3 is 2.50 bits per heavy atom. The molecule has 2 heteroatoms. The van der Waals surface area contributed by atoms with Gasteiger partial charge in [-0.1, -0.05) is 18.1 Å². The molecule has 0 spiro atoms. The lowest BCUT2D eigenvalue weighted by Gasteiger charge is -2.22. The molecule has 0 amide bonds. The van der Waals surface area contributed by atoms with Crippen LogP contribution in [0.4, 0.5) is 0 Å². The van der Waals surface area contributed by atoms with Gasteiger partial charge in [0, 0.05) is 5.56 Å². The molecule has 1 aliphatic rings. The molecule has 82 valence electrons. The quantitative estimate of drug-likeness (QED) is 0.568. The van der Waals surface area contributed by atoms with Crippen molar-refractivity contribution >= 4 is 6.29 Å². The maximum Gasteiger partial charge on any atom is 0.193 e. The Bertz CT molecular complexity index is 405. The molecule has 2 nitrogen and oxygen atoms in total. The van der Waals surface area contributed by atoms with Crippen molar-refractivity contribution < 1.29 is 4.79 Å². The van der Waals surface area contributed by atoms with E-state index in [1.54, 1.807) is 0 Å². The Morgan fingerprint density at radius 2 is 1.88 bits per heavy atom. The van der Waals surface area contributed by atoms with Gasteiger partial charge in [-0.3, -0.25) is 4.79 Å². The van der Waals surface area contributed by atoms with Crippen LogP contribution in [0.1, 0.15) is 29.9 Å². The van der Waals surface area contributed by atoms with E-state index in [-0.39, 0.29) is 0 Å². The van der Waals surface area contributed by atoms with E-state index >= 15 is 0 Å². The molecule has 16 heavy (non-hydrogen) atoms. The van der Waals surface area contributed by atoms with Crippen molar-refractivity contribution in [3.8, 4) is 11.8 Å². The lowest BCUT2D eigenvalue weighted by Crippen LogP contribution is -2.26. The van der Waals surface area contributed by atoms with Gasteiger partial charge >= 0.3 is 0 Å². The molecule has 1 N–H and O–H groups in total. The third-order valence-electron chi connectivity index (χ3n) is 3.00. The third-order valence-corrected chi connectivity index (χ3v) is 3.00. The van der Waals surface area contributed by atoms with Crippen LogP contribution in [0.5, 0.6) is 0 Å². The van der Waals surface area contributed by atoms with Gasteiger partial charge in [0.25, 0.3) is 0 Å². The maximum atomic E-state index is 10.1. The van der Waals surface area contributed by atoms with Gasteiger partial charge < -0.3 is 5.32 Å². The van der Waals surface area contributed by atoms with Crippen molar-refractivity contribution in [2.45, 2.75) is 18.8 Å². The van der Waals surface area contributed by atoms with Gasteiger partial charge in [0.1, 0.15) is 0 Å². The molecule has 1 aromatic rings. The monoisotopic (exact) mass is 213 g/mol. The number of hydrogen-bond acceptors (Lipinski definition) is 2. The molecule has 0 atom stereocenters. The fraction of sp³-hybridized carbons (Fsp3) is 0.357. The topological polar surface area (TPSA) is 29.1 Å². The molecule has 1 saturated heterocycles. The lowest BCUT2D eigenvalue weighted by molar-refractivity contribution is -0.103. The first-order valence-electron chi connectivity index (χ1n) is 5.66. The number of aldehydes is 1. The number of carbonyl (C=O) groups is 1. The number of nitrogens with one attached hydrogen (secondary N) is 1. The summed E-state index contributed by atoms with van der Waals surface area (Å²) < 4.78 is 0. The first-order chi connectivity index (χ1) is 7.90. The Kier molecular flexibility index (Phi) is 3.74. The summed E-state index contributed by atoms with van der Waals surface area (Å²) in [4.78, 5) is 10.1. The van der Waals surface area contributed by atoms with Crippen LogP contribution in [0.25, 0.3) is 0 Å². The van der Waals surface area contributed by atoms with Crippen molar-refractivity contribution in [2.24, 2.45) is 0 Å². The molecule has 0 aromatic heterocycles. The normalized spacial score (nSPS) is 16.2. The molecule has 2 rings (SSSR count). The van der Waals surface area contributed by atoms with Crippen molar-refractivity contribution in [3.05, 3.63) is 35.4 Å². The van der Waals surface area contributed by atoms with Crippen LogP contribution in [-0.4, -0.2) is 19.4 Å². The highest BCUT2D eigenvalue weighted by Crippen LogP contribution is 2.24. The van der Waals surface area contributed by atoms with E-state index in [1.807, 2.05) is 12.1 Å². The molecule has 0 bridgehead atoms. The highest BCUT2D eigenvalue weighted by molar-refractivity contribution is 5.73. The van der Waals surface area contributed by atoms with E-state index in [2.05, 4.69) is 29.3 Å². The second kappa shape index (κ2) is 5.48. The van der Waals surface area contributed by atoms with Gasteiger partial charge in [0.2, 0.25) is 0 Å². The van der Waals surface area contributed by atoms with Crippen LogP contribution in [0, 0.1) is 11.8 Å². The molecule has 0 unspecified atom stereocenters. The molecule has 1 aromatic carbocycles. The smallest absolute Gasteiger partial charge is 0.193 e. The zero-order valence-corrected chi connectivity index (χ0v) is 9.20. The summed E-state index contributed by atoms with van der Waals surface area (Å²) in [5.74, 6) is 5.89. The first-order valence-corrected chi connectivity index (χ1v) is 5.66. The average molecular weight is 213 g/mol. The van der Waals surface area contributed by atoms with Crippen molar-refractivity contribution in [1.29, 1.82) is 0 Å². The number of hydrogen-bond donors (Lipinski definition) is 1. The van der Waals surface area contributed by atoms with Crippen LogP contribution in [0.15, 0.2) is 24.3 Å². The minimum absolute atomic E-state index is 0.626. The largest absolute Gasteiger partial charge is 0.317 e. The Morgan fingerprint density at radius 1 is 1.19 bits per heavy atom. The van der Waals surface area contributed by atoms with Crippen LogP contribution in [-0.2, 0) is 4.79 Å². The summed E-state index contributed by atoms with van der Waals surface area (Å²) >= 11 is 0. The molecule has 0 aliphatic carbocycles. The van der Waals surface area contributed by atoms with Gasteiger partial charge in [-0.15, -0.1) is 0 Å². The zero-order chi connectivity index (χ0) is 11.2. The predicted molar refractivity (Wildman–Crippen MR) is 64.2 cm³/mol. The summed E-state index contributed by atoms with van der Waals surface area (Å²) in [6, 6.07) is 8.25. The summed E-state index contributed by atoms with van der Waals surface area (Å²) in [6.07, 6.45) is 3.04. The summed E-state index contributed by atoms with van der Waals surface area (Å²) in [5.41, 5.74) is 2.29. The van der Waals surface area contributed by atoms with Gasteiger partial charge in [-0.05, 0) is 55.5 Å². The van der Waals surface area contributed by atoms with E-state index in [0.29, 0.717) is 12.2 Å². The van der Waals surface area contributed by atoms with Crippen molar-refractivity contribution in [1.82, 2.24) is 5.32 Å². The van der Waals surface area contributed by atoms with Crippen LogP contribution in [0.3, 0.4) is 0 Å². The maximum absolute atomic E-state index is 10.1. The van der Waals surface area contributed by atoms with Gasteiger partial charge in [-0.25, -0.2) is 0 Å². The van der Waals surface area contributed by atoms with Crippen molar-refractivity contribution in [3.63, 3.8) is 0 Å². The van der Waals surface area contributed by atoms with Crippen molar-refractivity contribution in [2.75, 3.05) is 13.1 Å². The molecular weight excluding hydrogens is 198 g/mol. The Balaban J connectivity index is 2.08. The third kappa shape index (κ3) is 2.71. The second-order valence-corrected chi connectivity index (χ2v) is 4.03. The van der Waals surface area contributed by atoms with E-state index in [0.717, 1.165) is 18.7 Å². The second-order valence-electron chi connectivity index (χ2n) is 4.03. The molecule has 1 fully saturated rings. The van der Waals surface area contributed by atoms with E-state index < -0.39 is 0 Å². The minimum atomic E-state index is 0.626. The predicted octanol–water partition coefficient (Wildman–Crippen LogP) is 1.70. The number of piperidine rings is 1. The van der Waals surface area contributed by atoms with Gasteiger partial charge in [-0.2, -0.15) is 0 Å². The summed E-state index contributed by atoms with van der Waals surface area (Å²) in [5, 5.41) is 3.36. The highest BCUT2D eigenvalue weighted by Gasteiger charge is 2.14. The standard InChI is InChI=1S/C14H15NO/c16-11-1-2-12-3-5-13(6-4-12)14-7-9-15-10-8-14/h3-6,11,14-15H,7-10H2. The number of carbonyl (C=O) groups excluding carboxylic acids is 1. The Labute approximate surface area is 96.1 Å². The summed E-state index contributed by atoms with van der Waals surface area (Å²) in [6.45, 7) is 2.22. The highest BCUT2D eigenvalue weighted by atomic mass is 16.1. The number of rotatable bonds is 1. The van der Waals surface area contributed by atoms with Crippen LogP contribution < -0.4 is 5.32 Å². The zero-order valence-electron chi connectivity index (χ0n) is 9.20. The van der Waals surface area contributed by atoms with Gasteiger partial charge in [0.15, 0.2) is 6.29 Å². The average Bonchev–Trinajstić information content (AvgIpc) is 2.38. The van der Waals surface area contributed by atoms with E-state index in [4.69, 9.17) is 0 Å². The SMILES string of the molecule is O=CC#Cc1ccc(C2CCNCC2)cc1. The molecule has 0 radical (unpaired) electrons. The Hall–Kier alpha value is -1.59.